The zero-order valence-corrected chi connectivity index (χ0v) is 8.70. The van der Waals surface area contributed by atoms with Gasteiger partial charge in [-0.25, -0.2) is 4.99 Å². The fourth-order valence-electron chi connectivity index (χ4n) is 0.945. The highest BCUT2D eigenvalue weighted by Gasteiger charge is 2.03. The van der Waals surface area contributed by atoms with Crippen LogP contribution in [-0.2, 0) is 0 Å². The summed E-state index contributed by atoms with van der Waals surface area (Å²) in [6.07, 6.45) is 9.54. The zero-order chi connectivity index (χ0) is 10.1. The van der Waals surface area contributed by atoms with Crippen molar-refractivity contribution in [3.05, 3.63) is 37.2 Å². The molecular weight excluding hydrogens is 160 g/mol. The van der Waals surface area contributed by atoms with Crippen LogP contribution in [-0.4, -0.2) is 17.3 Å². The lowest BCUT2D eigenvalue weighted by molar-refractivity contribution is 0.616. The van der Waals surface area contributed by atoms with Gasteiger partial charge in [0.2, 0.25) is 0 Å². The summed E-state index contributed by atoms with van der Waals surface area (Å²) in [6.45, 7) is 10.5. The van der Waals surface area contributed by atoms with Gasteiger partial charge in [0.1, 0.15) is 5.84 Å². The SMILES string of the molecule is C=CC1=NC=CCN1/C=C\C.CC. The molecule has 0 bridgehead atoms. The molecule has 1 aliphatic rings. The van der Waals surface area contributed by atoms with Gasteiger partial charge in [-0.15, -0.1) is 0 Å². The van der Waals surface area contributed by atoms with E-state index in [0.29, 0.717) is 0 Å². The predicted octanol–water partition coefficient (Wildman–Crippen LogP) is 2.96. The largest absolute Gasteiger partial charge is 0.330 e. The smallest absolute Gasteiger partial charge is 0.132 e. The quantitative estimate of drug-likeness (QED) is 0.634. The highest BCUT2D eigenvalue weighted by Crippen LogP contribution is 2.01. The highest BCUT2D eigenvalue weighted by atomic mass is 15.2. The van der Waals surface area contributed by atoms with Crippen LogP contribution in [0.4, 0.5) is 0 Å². The minimum atomic E-state index is 0.884. The summed E-state index contributed by atoms with van der Waals surface area (Å²) in [6, 6.07) is 0. The summed E-state index contributed by atoms with van der Waals surface area (Å²) >= 11 is 0. The first-order valence-corrected chi connectivity index (χ1v) is 4.63. The van der Waals surface area contributed by atoms with Crippen molar-refractivity contribution in [2.75, 3.05) is 6.54 Å². The van der Waals surface area contributed by atoms with Crippen molar-refractivity contribution < 1.29 is 0 Å². The van der Waals surface area contributed by atoms with Gasteiger partial charge in [-0.2, -0.15) is 0 Å². The molecule has 0 saturated carbocycles. The number of allylic oxidation sites excluding steroid dienone is 1. The van der Waals surface area contributed by atoms with Crippen LogP contribution in [0, 0.1) is 0 Å². The molecule has 72 valence electrons. The van der Waals surface area contributed by atoms with Crippen molar-refractivity contribution in [1.82, 2.24) is 4.90 Å². The second-order valence-corrected chi connectivity index (χ2v) is 2.21. The lowest BCUT2D eigenvalue weighted by Gasteiger charge is -2.19. The van der Waals surface area contributed by atoms with E-state index in [2.05, 4.69) is 11.6 Å². The fourth-order valence-corrected chi connectivity index (χ4v) is 0.945. The molecule has 2 nitrogen and oxygen atoms in total. The van der Waals surface area contributed by atoms with Gasteiger partial charge >= 0.3 is 0 Å². The molecule has 0 atom stereocenters. The van der Waals surface area contributed by atoms with E-state index in [1.807, 2.05) is 44.0 Å². The van der Waals surface area contributed by atoms with E-state index in [1.54, 1.807) is 12.3 Å². The summed E-state index contributed by atoms with van der Waals surface area (Å²) in [5, 5.41) is 0. The molecule has 0 radical (unpaired) electrons. The zero-order valence-electron chi connectivity index (χ0n) is 8.70. The number of aliphatic imine (C=N–C) groups is 1. The maximum atomic E-state index is 4.14. The van der Waals surface area contributed by atoms with Gasteiger partial charge in [0, 0.05) is 18.9 Å². The van der Waals surface area contributed by atoms with Gasteiger partial charge in [0.05, 0.1) is 0 Å². The Balaban J connectivity index is 0.000000671. The second kappa shape index (κ2) is 7.35. The van der Waals surface area contributed by atoms with Crippen molar-refractivity contribution in [2.24, 2.45) is 4.99 Å². The van der Waals surface area contributed by atoms with Gasteiger partial charge in [0.15, 0.2) is 0 Å². The molecule has 13 heavy (non-hydrogen) atoms. The Bertz CT molecular complexity index is 224. The molecule has 2 heteroatoms. The highest BCUT2D eigenvalue weighted by molar-refractivity contribution is 5.94. The molecule has 1 heterocycles. The Morgan fingerprint density at radius 3 is 2.77 bits per heavy atom. The molecule has 0 aromatic carbocycles. The van der Waals surface area contributed by atoms with Gasteiger partial charge in [-0.05, 0) is 19.1 Å². The lowest BCUT2D eigenvalue weighted by Crippen LogP contribution is -2.25. The summed E-state index contributed by atoms with van der Waals surface area (Å²) < 4.78 is 0. The number of rotatable bonds is 2. The van der Waals surface area contributed by atoms with E-state index < -0.39 is 0 Å². The molecule has 0 unspecified atom stereocenters. The van der Waals surface area contributed by atoms with Crippen LogP contribution >= 0.6 is 0 Å². The maximum absolute atomic E-state index is 4.14. The van der Waals surface area contributed by atoms with Gasteiger partial charge in [0.25, 0.3) is 0 Å². The summed E-state index contributed by atoms with van der Waals surface area (Å²) in [5.74, 6) is 0.908. The van der Waals surface area contributed by atoms with E-state index in [-0.39, 0.29) is 0 Å². The first-order chi connectivity index (χ1) is 6.38. The van der Waals surface area contributed by atoms with Gasteiger partial charge in [-0.3, -0.25) is 0 Å². The van der Waals surface area contributed by atoms with Crippen LogP contribution in [0.25, 0.3) is 0 Å². The molecule has 0 saturated heterocycles. The van der Waals surface area contributed by atoms with Crippen LogP contribution in [0.15, 0.2) is 42.2 Å². The number of nitrogens with zero attached hydrogens (tertiary/aromatic N) is 2. The molecule has 0 N–H and O–H groups in total. The monoisotopic (exact) mass is 178 g/mol. The molecule has 0 spiro atoms. The van der Waals surface area contributed by atoms with E-state index in [9.17, 15) is 0 Å². The maximum Gasteiger partial charge on any atom is 0.132 e. The van der Waals surface area contributed by atoms with Crippen molar-refractivity contribution in [3.63, 3.8) is 0 Å². The van der Waals surface area contributed by atoms with E-state index in [4.69, 9.17) is 0 Å². The van der Waals surface area contributed by atoms with Crippen molar-refractivity contribution in [1.29, 1.82) is 0 Å². The third-order valence-electron chi connectivity index (χ3n) is 1.42. The first kappa shape index (κ1) is 11.7. The molecule has 0 aromatic heterocycles. The third-order valence-corrected chi connectivity index (χ3v) is 1.42. The van der Waals surface area contributed by atoms with E-state index in [1.165, 1.54) is 0 Å². The summed E-state index contributed by atoms with van der Waals surface area (Å²) in [7, 11) is 0. The minimum Gasteiger partial charge on any atom is -0.330 e. The van der Waals surface area contributed by atoms with Crippen molar-refractivity contribution in [3.8, 4) is 0 Å². The Hall–Kier alpha value is -1.31. The second-order valence-electron chi connectivity index (χ2n) is 2.21. The summed E-state index contributed by atoms with van der Waals surface area (Å²) in [4.78, 5) is 6.18. The molecular formula is C11H18N2. The number of amidine groups is 1. The summed E-state index contributed by atoms with van der Waals surface area (Å²) in [5.41, 5.74) is 0. The minimum absolute atomic E-state index is 0.884. The molecule has 0 fully saturated rings. The fraction of sp³-hybridized carbons (Fsp3) is 0.364. The Kier molecular flexibility index (Phi) is 6.60. The normalized spacial score (nSPS) is 15.0. The van der Waals surface area contributed by atoms with Crippen molar-refractivity contribution in [2.45, 2.75) is 20.8 Å². The number of hydrogen-bond donors (Lipinski definition) is 0. The van der Waals surface area contributed by atoms with Crippen LogP contribution in [0.2, 0.25) is 0 Å². The first-order valence-electron chi connectivity index (χ1n) is 4.63. The Morgan fingerprint density at radius 1 is 1.54 bits per heavy atom. The lowest BCUT2D eigenvalue weighted by atomic mass is 10.4. The van der Waals surface area contributed by atoms with Gasteiger partial charge in [-0.1, -0.05) is 26.5 Å². The predicted molar refractivity (Wildman–Crippen MR) is 59.6 cm³/mol. The van der Waals surface area contributed by atoms with Crippen LogP contribution in [0.3, 0.4) is 0 Å². The van der Waals surface area contributed by atoms with Crippen LogP contribution in [0.1, 0.15) is 20.8 Å². The topological polar surface area (TPSA) is 15.6 Å². The molecule has 0 amide bonds. The average molecular weight is 178 g/mol. The average Bonchev–Trinajstić information content (AvgIpc) is 2.22. The molecule has 0 aromatic rings. The molecule has 1 rings (SSSR count). The number of hydrogen-bond acceptors (Lipinski definition) is 2. The molecule has 1 aliphatic heterocycles. The van der Waals surface area contributed by atoms with Crippen molar-refractivity contribution >= 4 is 5.84 Å². The van der Waals surface area contributed by atoms with Gasteiger partial charge < -0.3 is 4.90 Å². The third kappa shape index (κ3) is 3.74. The Morgan fingerprint density at radius 2 is 2.23 bits per heavy atom. The van der Waals surface area contributed by atoms with E-state index >= 15 is 0 Å². The van der Waals surface area contributed by atoms with Crippen LogP contribution < -0.4 is 0 Å². The van der Waals surface area contributed by atoms with Crippen LogP contribution in [0.5, 0.6) is 0 Å². The molecule has 0 aliphatic carbocycles. The Labute approximate surface area is 81.0 Å². The van der Waals surface area contributed by atoms with E-state index in [0.717, 1.165) is 12.4 Å². The standard InChI is InChI=1S/C9H12N2.C2H6/c1-3-7-11-8-5-6-10-9(11)4-2;1-2/h3-7H,2,8H2,1H3;1-2H3/b7-3-;.